The fraction of sp³-hybridized carbons (Fsp3) is 0.444. The van der Waals surface area contributed by atoms with Gasteiger partial charge in [0.25, 0.3) is 0 Å². The van der Waals surface area contributed by atoms with Gasteiger partial charge in [0.05, 0.1) is 6.42 Å². The lowest BCUT2D eigenvalue weighted by atomic mass is 9.68. The van der Waals surface area contributed by atoms with Crippen molar-refractivity contribution in [3.8, 4) is 0 Å². The molecule has 1 aliphatic carbocycles. The lowest BCUT2D eigenvalue weighted by Crippen LogP contribution is -2.34. The molecule has 5 heteroatoms. The summed E-state index contributed by atoms with van der Waals surface area (Å²) in [5.74, 6) is 0. The zero-order chi connectivity index (χ0) is 17.6. The standard InChI is InChI=1S/C18H23F3N2/c1-10-5-14(6-11(2)15(10)22)17(9-18(19,20)21)7-12(3)16(23)13(4)8-17/h5-7H,8-9,22-23H2,1-4H3. The normalized spacial score (nSPS) is 22.3. The molecule has 0 saturated carbocycles. The van der Waals surface area contributed by atoms with Gasteiger partial charge < -0.3 is 11.5 Å². The Morgan fingerprint density at radius 1 is 1.04 bits per heavy atom. The second-order valence-corrected chi connectivity index (χ2v) is 6.67. The average Bonchev–Trinajstić information content (AvgIpc) is 2.39. The minimum atomic E-state index is -4.27. The fourth-order valence-corrected chi connectivity index (χ4v) is 3.47. The number of allylic oxidation sites excluding steroid dienone is 3. The number of nitrogen functional groups attached to an aromatic ring is 1. The van der Waals surface area contributed by atoms with E-state index in [0.29, 0.717) is 22.5 Å². The van der Waals surface area contributed by atoms with E-state index in [2.05, 4.69) is 0 Å². The summed E-state index contributed by atoms with van der Waals surface area (Å²) in [4.78, 5) is 0. The predicted molar refractivity (Wildman–Crippen MR) is 87.9 cm³/mol. The number of anilines is 1. The van der Waals surface area contributed by atoms with Crippen molar-refractivity contribution in [1.29, 1.82) is 0 Å². The highest BCUT2D eigenvalue weighted by atomic mass is 19.4. The first-order valence-corrected chi connectivity index (χ1v) is 7.54. The van der Waals surface area contributed by atoms with Crippen LogP contribution >= 0.6 is 0 Å². The van der Waals surface area contributed by atoms with Gasteiger partial charge >= 0.3 is 6.18 Å². The number of benzene rings is 1. The topological polar surface area (TPSA) is 52.0 Å². The van der Waals surface area contributed by atoms with Crippen LogP contribution in [0.2, 0.25) is 0 Å². The van der Waals surface area contributed by atoms with Crippen molar-refractivity contribution in [3.05, 3.63) is 51.7 Å². The van der Waals surface area contributed by atoms with Gasteiger partial charge in [0.2, 0.25) is 0 Å². The zero-order valence-electron chi connectivity index (χ0n) is 13.9. The Kier molecular flexibility index (Phi) is 4.26. The minimum absolute atomic E-state index is 0.262. The molecular weight excluding hydrogens is 301 g/mol. The van der Waals surface area contributed by atoms with Crippen LogP contribution in [-0.2, 0) is 5.41 Å². The van der Waals surface area contributed by atoms with E-state index in [1.54, 1.807) is 32.1 Å². The Morgan fingerprint density at radius 3 is 2.00 bits per heavy atom. The number of nitrogens with two attached hydrogens (primary N) is 2. The van der Waals surface area contributed by atoms with Gasteiger partial charge in [0, 0.05) is 16.8 Å². The van der Waals surface area contributed by atoms with Crippen LogP contribution in [0.3, 0.4) is 0 Å². The summed E-state index contributed by atoms with van der Waals surface area (Å²) in [7, 11) is 0. The molecule has 0 bridgehead atoms. The first kappa shape index (κ1) is 17.4. The van der Waals surface area contributed by atoms with Crippen molar-refractivity contribution in [1.82, 2.24) is 0 Å². The summed E-state index contributed by atoms with van der Waals surface area (Å²) in [5.41, 5.74) is 15.8. The van der Waals surface area contributed by atoms with Gasteiger partial charge in [0.1, 0.15) is 0 Å². The molecule has 1 aromatic carbocycles. The summed E-state index contributed by atoms with van der Waals surface area (Å²) >= 11 is 0. The first-order valence-electron chi connectivity index (χ1n) is 7.54. The maximum Gasteiger partial charge on any atom is 0.390 e. The molecule has 0 heterocycles. The van der Waals surface area contributed by atoms with Crippen LogP contribution in [0, 0.1) is 13.8 Å². The third-order valence-corrected chi connectivity index (χ3v) is 4.64. The van der Waals surface area contributed by atoms with Gasteiger partial charge in [0.15, 0.2) is 0 Å². The number of hydrogen-bond acceptors (Lipinski definition) is 2. The number of halogens is 3. The fourth-order valence-electron chi connectivity index (χ4n) is 3.47. The van der Waals surface area contributed by atoms with Crippen molar-refractivity contribution < 1.29 is 13.2 Å². The molecular formula is C18H23F3N2. The van der Waals surface area contributed by atoms with Crippen molar-refractivity contribution in [2.45, 2.75) is 52.1 Å². The highest BCUT2D eigenvalue weighted by Crippen LogP contribution is 2.47. The molecule has 0 saturated heterocycles. The van der Waals surface area contributed by atoms with Crippen molar-refractivity contribution in [3.63, 3.8) is 0 Å². The molecule has 0 spiro atoms. The van der Waals surface area contributed by atoms with E-state index in [9.17, 15) is 13.2 Å². The predicted octanol–water partition coefficient (Wildman–Crippen LogP) is 4.66. The van der Waals surface area contributed by atoms with Gasteiger partial charge in [-0.15, -0.1) is 0 Å². The quantitative estimate of drug-likeness (QED) is 0.778. The lowest BCUT2D eigenvalue weighted by Gasteiger charge is -2.37. The van der Waals surface area contributed by atoms with Gasteiger partial charge in [-0.2, -0.15) is 13.2 Å². The molecule has 1 aromatic rings. The van der Waals surface area contributed by atoms with Gasteiger partial charge in [-0.1, -0.05) is 18.2 Å². The van der Waals surface area contributed by atoms with E-state index >= 15 is 0 Å². The van der Waals surface area contributed by atoms with E-state index in [1.807, 2.05) is 13.8 Å². The lowest BCUT2D eigenvalue weighted by molar-refractivity contribution is -0.144. The Morgan fingerprint density at radius 2 is 1.57 bits per heavy atom. The summed E-state index contributed by atoms with van der Waals surface area (Å²) in [5, 5.41) is 0. The second-order valence-electron chi connectivity index (χ2n) is 6.67. The molecule has 2 rings (SSSR count). The molecule has 23 heavy (non-hydrogen) atoms. The molecule has 0 aromatic heterocycles. The van der Waals surface area contributed by atoms with Gasteiger partial charge in [-0.05, 0) is 62.0 Å². The molecule has 0 fully saturated rings. The van der Waals surface area contributed by atoms with Crippen LogP contribution in [0.4, 0.5) is 18.9 Å². The number of hydrogen-bond donors (Lipinski definition) is 2. The van der Waals surface area contributed by atoms with Gasteiger partial charge in [-0.3, -0.25) is 0 Å². The Balaban J connectivity index is 2.66. The van der Waals surface area contributed by atoms with Crippen LogP contribution < -0.4 is 11.5 Å². The second kappa shape index (κ2) is 5.62. The minimum Gasteiger partial charge on any atom is -0.399 e. The van der Waals surface area contributed by atoms with E-state index in [1.165, 1.54) is 0 Å². The molecule has 0 amide bonds. The molecule has 2 nitrogen and oxygen atoms in total. The molecule has 1 atom stereocenters. The van der Waals surface area contributed by atoms with Crippen LogP contribution in [-0.4, -0.2) is 6.18 Å². The number of rotatable bonds is 2. The Labute approximate surface area is 135 Å². The maximum absolute atomic E-state index is 13.3. The summed E-state index contributed by atoms with van der Waals surface area (Å²) in [6.45, 7) is 7.21. The van der Waals surface area contributed by atoms with Crippen LogP contribution in [0.25, 0.3) is 0 Å². The van der Waals surface area contributed by atoms with Crippen molar-refractivity contribution in [2.24, 2.45) is 5.73 Å². The molecule has 0 aliphatic heterocycles. The molecule has 1 aliphatic rings. The summed E-state index contributed by atoms with van der Waals surface area (Å²) in [6, 6.07) is 3.54. The monoisotopic (exact) mass is 324 g/mol. The molecule has 1 unspecified atom stereocenters. The van der Waals surface area contributed by atoms with E-state index in [0.717, 1.165) is 16.7 Å². The van der Waals surface area contributed by atoms with Crippen molar-refractivity contribution >= 4 is 5.69 Å². The number of alkyl halides is 3. The van der Waals surface area contributed by atoms with Crippen molar-refractivity contribution in [2.75, 3.05) is 5.73 Å². The Hall–Kier alpha value is -1.91. The largest absolute Gasteiger partial charge is 0.399 e. The van der Waals surface area contributed by atoms with Crippen LogP contribution in [0.1, 0.15) is 43.4 Å². The molecule has 126 valence electrons. The maximum atomic E-state index is 13.3. The third kappa shape index (κ3) is 3.38. The van der Waals surface area contributed by atoms with Crippen LogP contribution in [0.5, 0.6) is 0 Å². The highest BCUT2D eigenvalue weighted by Gasteiger charge is 2.44. The van der Waals surface area contributed by atoms with E-state index < -0.39 is 18.0 Å². The summed E-state index contributed by atoms with van der Waals surface area (Å²) in [6.07, 6.45) is -3.25. The first-order chi connectivity index (χ1) is 10.4. The SMILES string of the molecule is CC1=CC(CC(F)(F)F)(c2cc(C)c(N)c(C)c2)CC(C)=C1N. The number of aryl methyl sites for hydroxylation is 2. The average molecular weight is 324 g/mol. The van der Waals surface area contributed by atoms with Gasteiger partial charge in [-0.25, -0.2) is 0 Å². The zero-order valence-corrected chi connectivity index (χ0v) is 13.9. The Bertz CT molecular complexity index is 676. The van der Waals surface area contributed by atoms with E-state index in [-0.39, 0.29) is 6.42 Å². The summed E-state index contributed by atoms with van der Waals surface area (Å²) < 4.78 is 39.9. The van der Waals surface area contributed by atoms with Crippen LogP contribution in [0.15, 0.2) is 35.1 Å². The smallest absolute Gasteiger partial charge is 0.390 e. The molecule has 0 radical (unpaired) electrons. The third-order valence-electron chi connectivity index (χ3n) is 4.64. The molecule has 4 N–H and O–H groups in total. The van der Waals surface area contributed by atoms with E-state index in [4.69, 9.17) is 11.5 Å². The highest BCUT2D eigenvalue weighted by molar-refractivity contribution is 5.57.